The van der Waals surface area contributed by atoms with Gasteiger partial charge in [0.05, 0.1) is 18.2 Å². The molecule has 0 aliphatic heterocycles. The molecular formula is C18H20N4O2S. The summed E-state index contributed by atoms with van der Waals surface area (Å²) in [5.74, 6) is 0.0302. The first-order valence-electron chi connectivity index (χ1n) is 7.88. The standard InChI is InChI=1S/C18H20N4O2S/c1-12(2)17(23)24-10-9-20-16-14(11-19)15(21-18(22-16)25-3)13-7-5-4-6-8-13/h4-8,12H,9-10H2,1-3H3,(H,20,21,22). The van der Waals surface area contributed by atoms with Crippen molar-refractivity contribution in [2.75, 3.05) is 24.7 Å². The van der Waals surface area contributed by atoms with Crippen molar-refractivity contribution < 1.29 is 9.53 Å². The predicted octanol–water partition coefficient (Wildman–Crippen LogP) is 3.35. The van der Waals surface area contributed by atoms with Gasteiger partial charge in [0.25, 0.3) is 0 Å². The summed E-state index contributed by atoms with van der Waals surface area (Å²) in [7, 11) is 0. The third kappa shape index (κ3) is 4.94. The Morgan fingerprint density at radius 3 is 2.64 bits per heavy atom. The number of ether oxygens (including phenoxy) is 1. The van der Waals surface area contributed by atoms with Crippen molar-refractivity contribution in [2.45, 2.75) is 19.0 Å². The molecule has 0 bridgehead atoms. The maximum Gasteiger partial charge on any atom is 0.308 e. The first-order chi connectivity index (χ1) is 12.1. The van der Waals surface area contributed by atoms with E-state index in [2.05, 4.69) is 21.4 Å². The van der Waals surface area contributed by atoms with Crippen LogP contribution in [0.25, 0.3) is 11.3 Å². The van der Waals surface area contributed by atoms with E-state index in [1.54, 1.807) is 13.8 Å². The number of hydrogen-bond donors (Lipinski definition) is 1. The quantitative estimate of drug-likeness (QED) is 0.352. The van der Waals surface area contributed by atoms with E-state index in [-0.39, 0.29) is 18.5 Å². The number of carbonyl (C=O) groups is 1. The molecule has 2 aromatic rings. The highest BCUT2D eigenvalue weighted by atomic mass is 32.2. The van der Waals surface area contributed by atoms with Gasteiger partial charge in [-0.15, -0.1) is 0 Å². The van der Waals surface area contributed by atoms with Gasteiger partial charge in [-0.1, -0.05) is 55.9 Å². The van der Waals surface area contributed by atoms with Crippen LogP contribution in [0.15, 0.2) is 35.5 Å². The number of nitrogens with zero attached hydrogens (tertiary/aromatic N) is 3. The summed E-state index contributed by atoms with van der Waals surface area (Å²) in [6.07, 6.45) is 1.88. The van der Waals surface area contributed by atoms with Crippen molar-refractivity contribution in [2.24, 2.45) is 5.92 Å². The maximum absolute atomic E-state index is 11.5. The van der Waals surface area contributed by atoms with Crippen molar-refractivity contribution in [3.63, 3.8) is 0 Å². The fraction of sp³-hybridized carbons (Fsp3) is 0.333. The van der Waals surface area contributed by atoms with Gasteiger partial charge >= 0.3 is 5.97 Å². The number of hydrogen-bond acceptors (Lipinski definition) is 7. The van der Waals surface area contributed by atoms with Crippen LogP contribution in [0, 0.1) is 17.2 Å². The monoisotopic (exact) mass is 356 g/mol. The highest BCUT2D eigenvalue weighted by Gasteiger charge is 2.16. The molecule has 1 heterocycles. The number of thioether (sulfide) groups is 1. The van der Waals surface area contributed by atoms with Crippen LogP contribution in [-0.4, -0.2) is 35.3 Å². The average molecular weight is 356 g/mol. The third-order valence-electron chi connectivity index (χ3n) is 3.34. The first kappa shape index (κ1) is 18.7. The summed E-state index contributed by atoms with van der Waals surface area (Å²) in [4.78, 5) is 20.3. The second-order valence-corrected chi connectivity index (χ2v) is 6.28. The van der Waals surface area contributed by atoms with Gasteiger partial charge in [-0.2, -0.15) is 5.26 Å². The molecule has 0 unspecified atom stereocenters. The van der Waals surface area contributed by atoms with E-state index in [0.717, 1.165) is 5.56 Å². The van der Waals surface area contributed by atoms with E-state index < -0.39 is 0 Å². The minimum Gasteiger partial charge on any atom is -0.464 e. The predicted molar refractivity (Wildman–Crippen MR) is 98.3 cm³/mol. The van der Waals surface area contributed by atoms with Crippen molar-refractivity contribution in [3.05, 3.63) is 35.9 Å². The Kier molecular flexibility index (Phi) is 6.78. The molecule has 0 atom stereocenters. The molecule has 25 heavy (non-hydrogen) atoms. The van der Waals surface area contributed by atoms with Gasteiger partial charge in [0, 0.05) is 5.56 Å². The lowest BCUT2D eigenvalue weighted by molar-refractivity contribution is -0.146. The molecule has 6 nitrogen and oxygen atoms in total. The number of esters is 1. The zero-order valence-electron chi connectivity index (χ0n) is 14.4. The van der Waals surface area contributed by atoms with Gasteiger partial charge in [0.2, 0.25) is 0 Å². The van der Waals surface area contributed by atoms with Crippen LogP contribution in [0.1, 0.15) is 19.4 Å². The van der Waals surface area contributed by atoms with E-state index in [1.807, 2.05) is 36.6 Å². The SMILES string of the molecule is CSc1nc(NCCOC(=O)C(C)C)c(C#N)c(-c2ccccc2)n1. The topological polar surface area (TPSA) is 87.9 Å². The van der Waals surface area contributed by atoms with Gasteiger partial charge in [-0.05, 0) is 6.26 Å². The second-order valence-electron chi connectivity index (χ2n) is 5.51. The minimum absolute atomic E-state index is 0.165. The average Bonchev–Trinajstić information content (AvgIpc) is 2.64. The fourth-order valence-corrected chi connectivity index (χ4v) is 2.42. The molecule has 0 aliphatic carbocycles. The van der Waals surface area contributed by atoms with Crippen molar-refractivity contribution >= 4 is 23.5 Å². The largest absolute Gasteiger partial charge is 0.464 e. The molecule has 0 saturated heterocycles. The van der Waals surface area contributed by atoms with E-state index in [9.17, 15) is 10.1 Å². The Bertz CT molecular complexity index is 773. The summed E-state index contributed by atoms with van der Waals surface area (Å²) < 4.78 is 5.14. The molecule has 130 valence electrons. The summed E-state index contributed by atoms with van der Waals surface area (Å²) in [5, 5.41) is 13.2. The molecule has 1 aromatic heterocycles. The minimum atomic E-state index is -0.250. The van der Waals surface area contributed by atoms with Gasteiger partial charge in [-0.3, -0.25) is 4.79 Å². The lowest BCUT2D eigenvalue weighted by Gasteiger charge is -2.13. The fourth-order valence-electron chi connectivity index (χ4n) is 2.06. The van der Waals surface area contributed by atoms with E-state index in [4.69, 9.17) is 4.74 Å². The van der Waals surface area contributed by atoms with Crippen molar-refractivity contribution in [3.8, 4) is 17.3 Å². The summed E-state index contributed by atoms with van der Waals surface area (Å²) >= 11 is 1.40. The molecule has 1 aromatic carbocycles. The third-order valence-corrected chi connectivity index (χ3v) is 3.89. The number of nitriles is 1. The van der Waals surface area contributed by atoms with E-state index >= 15 is 0 Å². The summed E-state index contributed by atoms with van der Waals surface area (Å²) in [6, 6.07) is 11.7. The van der Waals surface area contributed by atoms with Crippen LogP contribution in [-0.2, 0) is 9.53 Å². The number of rotatable bonds is 7. The molecule has 0 spiro atoms. The Labute approximate surface area is 151 Å². The van der Waals surface area contributed by atoms with E-state index in [1.165, 1.54) is 11.8 Å². The Hall–Kier alpha value is -2.59. The maximum atomic E-state index is 11.5. The molecule has 7 heteroatoms. The van der Waals surface area contributed by atoms with Crippen molar-refractivity contribution in [1.82, 2.24) is 9.97 Å². The van der Waals surface area contributed by atoms with E-state index in [0.29, 0.717) is 28.8 Å². The highest BCUT2D eigenvalue weighted by Crippen LogP contribution is 2.28. The Balaban J connectivity index is 2.23. The molecule has 0 aliphatic rings. The smallest absolute Gasteiger partial charge is 0.308 e. The van der Waals surface area contributed by atoms with Crippen LogP contribution >= 0.6 is 11.8 Å². The Morgan fingerprint density at radius 1 is 1.32 bits per heavy atom. The number of nitrogens with one attached hydrogen (secondary N) is 1. The van der Waals surface area contributed by atoms with Crippen LogP contribution in [0.2, 0.25) is 0 Å². The Morgan fingerprint density at radius 2 is 2.04 bits per heavy atom. The second kappa shape index (κ2) is 9.04. The number of anilines is 1. The molecular weight excluding hydrogens is 336 g/mol. The molecule has 2 rings (SSSR count). The van der Waals surface area contributed by atoms with Crippen LogP contribution in [0.5, 0.6) is 0 Å². The van der Waals surface area contributed by atoms with Gasteiger partial charge in [-0.25, -0.2) is 9.97 Å². The number of aromatic nitrogens is 2. The number of benzene rings is 1. The van der Waals surface area contributed by atoms with Gasteiger partial charge in [0.1, 0.15) is 24.1 Å². The van der Waals surface area contributed by atoms with Crippen LogP contribution in [0.4, 0.5) is 5.82 Å². The number of carbonyl (C=O) groups excluding carboxylic acids is 1. The van der Waals surface area contributed by atoms with Crippen LogP contribution < -0.4 is 5.32 Å². The zero-order chi connectivity index (χ0) is 18.2. The van der Waals surface area contributed by atoms with Gasteiger partial charge < -0.3 is 10.1 Å². The molecule has 0 amide bonds. The lowest BCUT2D eigenvalue weighted by atomic mass is 10.1. The zero-order valence-corrected chi connectivity index (χ0v) is 15.3. The molecule has 0 saturated carbocycles. The molecule has 1 N–H and O–H groups in total. The van der Waals surface area contributed by atoms with Gasteiger partial charge in [0.15, 0.2) is 5.16 Å². The molecule has 0 fully saturated rings. The summed E-state index contributed by atoms with van der Waals surface area (Å²) in [6.45, 7) is 4.14. The highest BCUT2D eigenvalue weighted by molar-refractivity contribution is 7.98. The van der Waals surface area contributed by atoms with Crippen LogP contribution in [0.3, 0.4) is 0 Å². The summed E-state index contributed by atoms with van der Waals surface area (Å²) in [5.41, 5.74) is 1.81. The normalized spacial score (nSPS) is 10.4. The molecule has 0 radical (unpaired) electrons. The lowest BCUT2D eigenvalue weighted by Crippen LogP contribution is -2.18. The first-order valence-corrected chi connectivity index (χ1v) is 9.11. The van der Waals surface area contributed by atoms with Crippen molar-refractivity contribution in [1.29, 1.82) is 5.26 Å².